The van der Waals surface area contributed by atoms with Crippen molar-refractivity contribution in [2.24, 2.45) is 0 Å². The molecule has 0 bridgehead atoms. The first-order chi connectivity index (χ1) is 10.1. The number of likely N-dealkylation sites (N-methyl/N-ethyl adjacent to an activating group) is 1. The van der Waals surface area contributed by atoms with E-state index in [0.717, 1.165) is 26.1 Å². The molecule has 4 heteroatoms. The van der Waals surface area contributed by atoms with Crippen molar-refractivity contribution >= 4 is 5.91 Å². The van der Waals surface area contributed by atoms with Crippen LogP contribution in [0.5, 0.6) is 0 Å². The highest BCUT2D eigenvalue weighted by Crippen LogP contribution is 2.20. The lowest BCUT2D eigenvalue weighted by atomic mass is 9.94. The normalized spacial score (nSPS) is 30.0. The van der Waals surface area contributed by atoms with Gasteiger partial charge in [0, 0.05) is 31.7 Å². The molecule has 2 unspecified atom stereocenters. The van der Waals surface area contributed by atoms with Crippen LogP contribution in [-0.4, -0.2) is 54.0 Å². The fourth-order valence-corrected chi connectivity index (χ4v) is 3.43. The van der Waals surface area contributed by atoms with Crippen LogP contribution in [0.2, 0.25) is 0 Å². The third-order valence-corrected chi connectivity index (χ3v) is 5.05. The van der Waals surface area contributed by atoms with Gasteiger partial charge in [-0.1, -0.05) is 24.3 Å². The smallest absolute Gasteiger partial charge is 0.240 e. The second-order valence-electron chi connectivity index (χ2n) is 6.51. The van der Waals surface area contributed by atoms with Crippen LogP contribution in [0.1, 0.15) is 25.0 Å². The van der Waals surface area contributed by atoms with Gasteiger partial charge in [-0.25, -0.2) is 0 Å². The number of benzene rings is 1. The topological polar surface area (TPSA) is 35.6 Å². The Bertz CT molecular complexity index is 519. The van der Waals surface area contributed by atoms with E-state index >= 15 is 0 Å². The molecule has 0 spiro atoms. The molecule has 1 aromatic rings. The highest BCUT2D eigenvalue weighted by molar-refractivity contribution is 5.82. The number of amides is 1. The minimum Gasteiger partial charge on any atom is -0.338 e. The first-order valence-electron chi connectivity index (χ1n) is 7.87. The average Bonchev–Trinajstić information content (AvgIpc) is 2.51. The van der Waals surface area contributed by atoms with Gasteiger partial charge in [0.05, 0.1) is 6.04 Å². The Morgan fingerprint density at radius 3 is 2.43 bits per heavy atom. The Balaban J connectivity index is 1.69. The molecular formula is C17H25N3O. The number of hydrogen-bond donors (Lipinski definition) is 1. The third kappa shape index (κ3) is 2.83. The molecule has 3 rings (SSSR count). The number of carbonyl (C=O) groups excluding carboxylic acids is 1. The lowest BCUT2D eigenvalue weighted by Crippen LogP contribution is -2.60. The number of fused-ring (bicyclic) bond motifs is 1. The zero-order chi connectivity index (χ0) is 15.0. The molecule has 2 aliphatic heterocycles. The zero-order valence-corrected chi connectivity index (χ0v) is 13.2. The molecule has 0 aromatic heterocycles. The van der Waals surface area contributed by atoms with Gasteiger partial charge in [0.1, 0.15) is 0 Å². The van der Waals surface area contributed by atoms with Gasteiger partial charge in [-0.3, -0.25) is 9.69 Å². The van der Waals surface area contributed by atoms with E-state index in [2.05, 4.69) is 55.4 Å². The summed E-state index contributed by atoms with van der Waals surface area (Å²) >= 11 is 0. The Morgan fingerprint density at radius 1 is 1.14 bits per heavy atom. The predicted molar refractivity (Wildman–Crippen MR) is 84.0 cm³/mol. The molecule has 2 aliphatic rings. The Kier molecular flexibility index (Phi) is 4.00. The van der Waals surface area contributed by atoms with Crippen molar-refractivity contribution in [3.05, 3.63) is 35.4 Å². The lowest BCUT2D eigenvalue weighted by Gasteiger charge is -2.43. The van der Waals surface area contributed by atoms with E-state index in [0.29, 0.717) is 12.1 Å². The summed E-state index contributed by atoms with van der Waals surface area (Å²) in [5.41, 5.74) is 2.63. The molecule has 0 aliphatic carbocycles. The quantitative estimate of drug-likeness (QED) is 0.844. The second-order valence-corrected chi connectivity index (χ2v) is 6.51. The van der Waals surface area contributed by atoms with Gasteiger partial charge >= 0.3 is 0 Å². The first kappa shape index (κ1) is 14.5. The standard InChI is InChI=1S/C17H25N3O/c1-12-10-20(11-13(2)19(12)3)17(21)16-8-14-6-4-5-7-15(14)9-18-16/h4-7,12-13,16,18H,8-11H2,1-3H3/t12?,13?,16-/m1/s1. The molecule has 1 N–H and O–H groups in total. The van der Waals surface area contributed by atoms with E-state index in [-0.39, 0.29) is 11.9 Å². The van der Waals surface area contributed by atoms with Crippen molar-refractivity contribution in [2.45, 2.75) is 44.9 Å². The largest absolute Gasteiger partial charge is 0.338 e. The summed E-state index contributed by atoms with van der Waals surface area (Å²) in [6.07, 6.45) is 0.810. The maximum Gasteiger partial charge on any atom is 0.240 e. The highest BCUT2D eigenvalue weighted by atomic mass is 16.2. The maximum absolute atomic E-state index is 12.8. The molecule has 2 heterocycles. The molecule has 1 fully saturated rings. The van der Waals surface area contributed by atoms with E-state index in [1.807, 2.05) is 4.90 Å². The molecule has 1 aromatic carbocycles. The van der Waals surface area contributed by atoms with Gasteiger partial charge in [0.2, 0.25) is 5.91 Å². The van der Waals surface area contributed by atoms with Crippen LogP contribution >= 0.6 is 0 Å². The fourth-order valence-electron chi connectivity index (χ4n) is 3.43. The first-order valence-corrected chi connectivity index (χ1v) is 7.87. The van der Waals surface area contributed by atoms with Gasteiger partial charge in [-0.2, -0.15) is 0 Å². The Hall–Kier alpha value is -1.39. The van der Waals surface area contributed by atoms with Crippen molar-refractivity contribution in [1.82, 2.24) is 15.1 Å². The molecule has 4 nitrogen and oxygen atoms in total. The van der Waals surface area contributed by atoms with Crippen molar-refractivity contribution in [3.8, 4) is 0 Å². The summed E-state index contributed by atoms with van der Waals surface area (Å²) in [5, 5.41) is 3.41. The second kappa shape index (κ2) is 5.78. The Labute approximate surface area is 127 Å². The van der Waals surface area contributed by atoms with Crippen LogP contribution in [-0.2, 0) is 17.8 Å². The summed E-state index contributed by atoms with van der Waals surface area (Å²) in [6, 6.07) is 9.19. The van der Waals surface area contributed by atoms with Crippen LogP contribution in [0.25, 0.3) is 0 Å². The summed E-state index contributed by atoms with van der Waals surface area (Å²) in [7, 11) is 2.15. The predicted octanol–water partition coefficient (Wildman–Crippen LogP) is 1.25. The van der Waals surface area contributed by atoms with Crippen molar-refractivity contribution < 1.29 is 4.79 Å². The summed E-state index contributed by atoms with van der Waals surface area (Å²) in [4.78, 5) is 17.2. The molecular weight excluding hydrogens is 262 g/mol. The van der Waals surface area contributed by atoms with E-state index in [9.17, 15) is 4.79 Å². The lowest BCUT2D eigenvalue weighted by molar-refractivity contribution is -0.137. The van der Waals surface area contributed by atoms with Crippen LogP contribution in [0, 0.1) is 0 Å². The highest BCUT2D eigenvalue weighted by Gasteiger charge is 2.33. The average molecular weight is 287 g/mol. The number of carbonyl (C=O) groups is 1. The van der Waals surface area contributed by atoms with Crippen molar-refractivity contribution in [3.63, 3.8) is 0 Å². The molecule has 1 amide bonds. The zero-order valence-electron chi connectivity index (χ0n) is 13.2. The summed E-state index contributed by atoms with van der Waals surface area (Å²) in [5.74, 6) is 0.260. The monoisotopic (exact) mass is 287 g/mol. The third-order valence-electron chi connectivity index (χ3n) is 5.05. The minimum atomic E-state index is -0.0669. The van der Waals surface area contributed by atoms with Gasteiger partial charge in [-0.05, 0) is 38.4 Å². The van der Waals surface area contributed by atoms with Gasteiger partial charge in [-0.15, -0.1) is 0 Å². The molecule has 0 saturated carbocycles. The van der Waals surface area contributed by atoms with E-state index < -0.39 is 0 Å². The summed E-state index contributed by atoms with van der Waals surface area (Å²) < 4.78 is 0. The van der Waals surface area contributed by atoms with Crippen LogP contribution in [0.3, 0.4) is 0 Å². The van der Waals surface area contributed by atoms with E-state index in [1.165, 1.54) is 11.1 Å². The molecule has 3 atom stereocenters. The van der Waals surface area contributed by atoms with E-state index in [4.69, 9.17) is 0 Å². The van der Waals surface area contributed by atoms with Gasteiger partial charge < -0.3 is 10.2 Å². The number of nitrogens with one attached hydrogen (secondary N) is 1. The number of piperazine rings is 1. The van der Waals surface area contributed by atoms with Gasteiger partial charge in [0.25, 0.3) is 0 Å². The van der Waals surface area contributed by atoms with E-state index in [1.54, 1.807) is 0 Å². The Morgan fingerprint density at radius 2 is 1.76 bits per heavy atom. The SMILES string of the molecule is CC1CN(C(=O)[C@H]2Cc3ccccc3CN2)CC(C)N1C. The van der Waals surface area contributed by atoms with Crippen LogP contribution < -0.4 is 5.32 Å². The molecule has 21 heavy (non-hydrogen) atoms. The molecule has 0 radical (unpaired) electrons. The fraction of sp³-hybridized carbons (Fsp3) is 0.588. The number of rotatable bonds is 1. The van der Waals surface area contributed by atoms with Crippen LogP contribution in [0.15, 0.2) is 24.3 Å². The van der Waals surface area contributed by atoms with Gasteiger partial charge in [0.15, 0.2) is 0 Å². The number of hydrogen-bond acceptors (Lipinski definition) is 3. The van der Waals surface area contributed by atoms with Crippen molar-refractivity contribution in [2.75, 3.05) is 20.1 Å². The summed E-state index contributed by atoms with van der Waals surface area (Å²) in [6.45, 7) is 6.85. The molecule has 114 valence electrons. The molecule has 1 saturated heterocycles. The number of nitrogens with zero attached hydrogens (tertiary/aromatic N) is 2. The van der Waals surface area contributed by atoms with Crippen molar-refractivity contribution in [1.29, 1.82) is 0 Å². The minimum absolute atomic E-state index is 0.0669. The maximum atomic E-state index is 12.8. The van der Waals surface area contributed by atoms with Crippen LogP contribution in [0.4, 0.5) is 0 Å².